The summed E-state index contributed by atoms with van der Waals surface area (Å²) in [4.78, 5) is 0. The lowest BCUT2D eigenvalue weighted by Crippen LogP contribution is -2.25. The summed E-state index contributed by atoms with van der Waals surface area (Å²) in [7, 11) is 0. The molecule has 0 heterocycles. The Kier molecular flexibility index (Phi) is 2.72. The Labute approximate surface area is 112 Å². The number of aryl methyl sites for hydroxylation is 2. The number of aliphatic hydroxyl groups is 1. The summed E-state index contributed by atoms with van der Waals surface area (Å²) in [5.74, 6) is -0.232. The van der Waals surface area contributed by atoms with Crippen LogP contribution in [-0.4, -0.2) is 5.11 Å². The first kappa shape index (κ1) is 12.4. The molecule has 2 aromatic carbocycles. The lowest BCUT2D eigenvalue weighted by atomic mass is 9.84. The van der Waals surface area contributed by atoms with Gasteiger partial charge in [0.05, 0.1) is 0 Å². The Morgan fingerprint density at radius 2 is 1.89 bits per heavy atom. The van der Waals surface area contributed by atoms with E-state index in [0.717, 1.165) is 28.7 Å². The van der Waals surface area contributed by atoms with Crippen molar-refractivity contribution >= 4 is 0 Å². The highest BCUT2D eigenvalue weighted by Gasteiger charge is 2.39. The average molecular weight is 256 g/mol. The Hall–Kier alpha value is -1.67. The molecular weight excluding hydrogens is 239 g/mol. The molecule has 0 amide bonds. The second kappa shape index (κ2) is 4.17. The van der Waals surface area contributed by atoms with Crippen LogP contribution in [0.25, 0.3) is 0 Å². The molecule has 0 aliphatic heterocycles. The molecule has 0 spiro atoms. The van der Waals surface area contributed by atoms with Gasteiger partial charge in [0, 0.05) is 0 Å². The highest BCUT2D eigenvalue weighted by Crippen LogP contribution is 2.43. The predicted octanol–water partition coefficient (Wildman–Crippen LogP) is 3.62. The highest BCUT2D eigenvalue weighted by molar-refractivity contribution is 5.49. The van der Waals surface area contributed by atoms with Crippen LogP contribution in [0.1, 0.15) is 34.2 Å². The van der Waals surface area contributed by atoms with E-state index < -0.39 is 5.60 Å². The van der Waals surface area contributed by atoms with Gasteiger partial charge in [0.1, 0.15) is 11.4 Å². The molecule has 1 nitrogen and oxygen atoms in total. The van der Waals surface area contributed by atoms with Gasteiger partial charge in [-0.25, -0.2) is 4.39 Å². The van der Waals surface area contributed by atoms with Crippen LogP contribution in [0.15, 0.2) is 36.4 Å². The molecule has 1 N–H and O–H groups in total. The number of hydrogen-bond donors (Lipinski definition) is 1. The summed E-state index contributed by atoms with van der Waals surface area (Å²) in [6.07, 6.45) is 1.34. The summed E-state index contributed by atoms with van der Waals surface area (Å²) in [6, 6.07) is 10.7. The van der Waals surface area contributed by atoms with E-state index in [1.807, 2.05) is 32.0 Å². The van der Waals surface area contributed by atoms with Crippen molar-refractivity contribution in [3.63, 3.8) is 0 Å². The van der Waals surface area contributed by atoms with Gasteiger partial charge in [-0.2, -0.15) is 0 Å². The van der Waals surface area contributed by atoms with Gasteiger partial charge in [-0.1, -0.05) is 24.3 Å². The highest BCUT2D eigenvalue weighted by atomic mass is 19.1. The quantitative estimate of drug-likeness (QED) is 0.826. The summed E-state index contributed by atoms with van der Waals surface area (Å²) in [6.45, 7) is 4.08. The summed E-state index contributed by atoms with van der Waals surface area (Å²) < 4.78 is 13.3. The first-order valence-electron chi connectivity index (χ1n) is 6.60. The molecule has 2 heteroatoms. The maximum absolute atomic E-state index is 13.3. The van der Waals surface area contributed by atoms with E-state index in [1.165, 1.54) is 11.6 Å². The zero-order valence-corrected chi connectivity index (χ0v) is 11.2. The maximum atomic E-state index is 13.3. The van der Waals surface area contributed by atoms with E-state index in [1.54, 1.807) is 12.1 Å². The summed E-state index contributed by atoms with van der Waals surface area (Å²) >= 11 is 0. The van der Waals surface area contributed by atoms with Crippen LogP contribution in [0.4, 0.5) is 4.39 Å². The lowest BCUT2D eigenvalue weighted by molar-refractivity contribution is 0.0822. The molecule has 1 aliphatic carbocycles. The van der Waals surface area contributed by atoms with Crippen LogP contribution in [-0.2, 0) is 12.0 Å². The van der Waals surface area contributed by atoms with Crippen molar-refractivity contribution in [2.24, 2.45) is 0 Å². The summed E-state index contributed by atoms with van der Waals surface area (Å²) in [5.41, 5.74) is 4.02. The molecule has 98 valence electrons. The molecule has 19 heavy (non-hydrogen) atoms. The van der Waals surface area contributed by atoms with Crippen molar-refractivity contribution < 1.29 is 9.50 Å². The third-order valence-electron chi connectivity index (χ3n) is 4.32. The second-order valence-electron chi connectivity index (χ2n) is 5.41. The molecular formula is C17H17FO. The van der Waals surface area contributed by atoms with Crippen molar-refractivity contribution in [2.45, 2.75) is 32.3 Å². The van der Waals surface area contributed by atoms with Crippen molar-refractivity contribution in [1.29, 1.82) is 0 Å². The van der Waals surface area contributed by atoms with E-state index in [4.69, 9.17) is 0 Å². The standard InChI is InChI=1S/C17H17FO/c1-11-4-3-5-15(12(11)2)17(19)9-8-13-10-14(18)6-7-16(13)17/h3-7,10,19H,8-9H2,1-2H3. The normalized spacial score (nSPS) is 21.5. The third kappa shape index (κ3) is 1.79. The fraction of sp³-hybridized carbons (Fsp3) is 0.294. The van der Waals surface area contributed by atoms with Crippen molar-refractivity contribution in [3.8, 4) is 0 Å². The Balaban J connectivity index is 2.19. The molecule has 0 fully saturated rings. The van der Waals surface area contributed by atoms with Crippen molar-refractivity contribution in [1.82, 2.24) is 0 Å². The van der Waals surface area contributed by atoms with Crippen molar-refractivity contribution in [3.05, 3.63) is 70.0 Å². The largest absolute Gasteiger partial charge is 0.380 e. The minimum absolute atomic E-state index is 0.232. The van der Waals surface area contributed by atoms with Gasteiger partial charge in [0.25, 0.3) is 0 Å². The van der Waals surface area contributed by atoms with E-state index in [0.29, 0.717) is 6.42 Å². The van der Waals surface area contributed by atoms with E-state index in [9.17, 15) is 9.50 Å². The fourth-order valence-electron chi connectivity index (χ4n) is 3.10. The molecule has 0 radical (unpaired) electrons. The van der Waals surface area contributed by atoms with Gasteiger partial charge in [-0.3, -0.25) is 0 Å². The fourth-order valence-corrected chi connectivity index (χ4v) is 3.10. The van der Waals surface area contributed by atoms with Crippen molar-refractivity contribution in [2.75, 3.05) is 0 Å². The monoisotopic (exact) mass is 256 g/mol. The lowest BCUT2D eigenvalue weighted by Gasteiger charge is -2.27. The van der Waals surface area contributed by atoms with Crippen LogP contribution in [0, 0.1) is 19.7 Å². The third-order valence-corrected chi connectivity index (χ3v) is 4.32. The Bertz CT molecular complexity index is 648. The van der Waals surface area contributed by atoms with Gasteiger partial charge in [0.15, 0.2) is 0 Å². The topological polar surface area (TPSA) is 20.2 Å². The molecule has 1 atom stereocenters. The van der Waals surface area contributed by atoms with Gasteiger partial charge in [-0.15, -0.1) is 0 Å². The van der Waals surface area contributed by atoms with E-state index >= 15 is 0 Å². The molecule has 2 aromatic rings. The smallest absolute Gasteiger partial charge is 0.123 e. The molecule has 3 rings (SSSR count). The summed E-state index contributed by atoms with van der Waals surface area (Å²) in [5, 5.41) is 11.1. The molecule has 1 aliphatic rings. The van der Waals surface area contributed by atoms with Crippen LogP contribution in [0.5, 0.6) is 0 Å². The van der Waals surface area contributed by atoms with Gasteiger partial charge in [0.2, 0.25) is 0 Å². The average Bonchev–Trinajstić information content (AvgIpc) is 2.71. The van der Waals surface area contributed by atoms with Gasteiger partial charge in [-0.05, 0) is 66.6 Å². The molecule has 0 bridgehead atoms. The SMILES string of the molecule is Cc1cccc(C2(O)CCc3cc(F)ccc32)c1C. The zero-order chi connectivity index (χ0) is 13.6. The van der Waals surface area contributed by atoms with Crippen LogP contribution >= 0.6 is 0 Å². The van der Waals surface area contributed by atoms with Crippen LogP contribution < -0.4 is 0 Å². The first-order chi connectivity index (χ1) is 9.02. The number of hydrogen-bond acceptors (Lipinski definition) is 1. The zero-order valence-electron chi connectivity index (χ0n) is 11.2. The molecule has 1 unspecified atom stereocenters. The number of benzene rings is 2. The Morgan fingerprint density at radius 3 is 2.68 bits per heavy atom. The minimum atomic E-state index is -0.973. The van der Waals surface area contributed by atoms with Gasteiger partial charge < -0.3 is 5.11 Å². The van der Waals surface area contributed by atoms with E-state index in [2.05, 4.69) is 0 Å². The predicted molar refractivity (Wildman–Crippen MR) is 73.6 cm³/mol. The molecule has 0 aromatic heterocycles. The van der Waals surface area contributed by atoms with Crippen LogP contribution in [0.3, 0.4) is 0 Å². The first-order valence-corrected chi connectivity index (χ1v) is 6.60. The van der Waals surface area contributed by atoms with Crippen LogP contribution in [0.2, 0.25) is 0 Å². The molecule has 0 saturated heterocycles. The minimum Gasteiger partial charge on any atom is -0.380 e. The van der Waals surface area contributed by atoms with E-state index in [-0.39, 0.29) is 5.82 Å². The number of fused-ring (bicyclic) bond motifs is 1. The maximum Gasteiger partial charge on any atom is 0.123 e. The second-order valence-corrected chi connectivity index (χ2v) is 5.41. The Morgan fingerprint density at radius 1 is 1.11 bits per heavy atom. The number of halogens is 1. The van der Waals surface area contributed by atoms with Gasteiger partial charge >= 0.3 is 0 Å². The molecule has 0 saturated carbocycles. The number of rotatable bonds is 1.